The van der Waals surface area contributed by atoms with E-state index >= 15 is 0 Å². The van der Waals surface area contributed by atoms with Crippen LogP contribution in [0.5, 0.6) is 0 Å². The first-order valence-electron chi connectivity index (χ1n) is 10.9. The molecule has 1 aromatic heterocycles. The highest BCUT2D eigenvalue weighted by Gasteiger charge is 2.45. The summed E-state index contributed by atoms with van der Waals surface area (Å²) in [5.74, 6) is 0. The molecule has 9 heteroatoms. The van der Waals surface area contributed by atoms with E-state index in [1.54, 1.807) is 27.7 Å². The van der Waals surface area contributed by atoms with Crippen molar-refractivity contribution >= 4 is 14.4 Å². The average Bonchev–Trinajstić information content (AvgIpc) is 2.97. The molecule has 0 saturated carbocycles. The van der Waals surface area contributed by atoms with Gasteiger partial charge in [-0.1, -0.05) is 27.7 Å². The van der Waals surface area contributed by atoms with Gasteiger partial charge in [0.1, 0.15) is 11.8 Å². The summed E-state index contributed by atoms with van der Waals surface area (Å²) in [6, 6.07) is 0. The maximum Gasteiger partial charge on any atom is 0.425 e. The predicted octanol–water partition coefficient (Wildman–Crippen LogP) is 4.19. The van der Waals surface area contributed by atoms with Gasteiger partial charge >= 0.3 is 11.8 Å². The molecule has 1 aliphatic rings. The molecule has 8 nitrogen and oxygen atoms in total. The molecule has 0 N–H and O–H groups in total. The van der Waals surface area contributed by atoms with Crippen molar-refractivity contribution in [3.63, 3.8) is 0 Å². The van der Waals surface area contributed by atoms with Crippen LogP contribution in [0.2, 0.25) is 18.1 Å². The van der Waals surface area contributed by atoms with Crippen LogP contribution in [0.15, 0.2) is 15.8 Å². The molecule has 0 spiro atoms. The molecule has 0 aromatic carbocycles. The van der Waals surface area contributed by atoms with Gasteiger partial charge in [-0.25, -0.2) is 9.59 Å². The van der Waals surface area contributed by atoms with Crippen LogP contribution in [-0.2, 0) is 13.9 Å². The van der Waals surface area contributed by atoms with Crippen molar-refractivity contribution in [1.29, 1.82) is 0 Å². The first-order valence-corrected chi connectivity index (χ1v) is 13.8. The maximum atomic E-state index is 13.1. The fourth-order valence-electron chi connectivity index (χ4n) is 3.29. The number of carbonyl (C=O) groups excluding carboxylic acids is 1. The Morgan fingerprint density at radius 1 is 1.19 bits per heavy atom. The van der Waals surface area contributed by atoms with Crippen LogP contribution in [0.4, 0.5) is 4.79 Å². The molecule has 0 radical (unpaired) electrons. The van der Waals surface area contributed by atoms with Gasteiger partial charge in [-0.15, -0.1) is 0 Å². The first kappa shape index (κ1) is 25.5. The van der Waals surface area contributed by atoms with Gasteiger partial charge in [0.25, 0.3) is 5.56 Å². The fourth-order valence-corrected chi connectivity index (χ4v) is 4.64. The second kappa shape index (κ2) is 8.67. The quantitative estimate of drug-likeness (QED) is 0.634. The summed E-state index contributed by atoms with van der Waals surface area (Å²) < 4.78 is 19.9. The van der Waals surface area contributed by atoms with Crippen LogP contribution in [-0.4, -0.2) is 41.4 Å². The van der Waals surface area contributed by atoms with Crippen molar-refractivity contribution in [1.82, 2.24) is 9.13 Å². The summed E-state index contributed by atoms with van der Waals surface area (Å²) in [5.41, 5.74) is -2.03. The monoisotopic (exact) mass is 454 g/mol. The molecule has 0 amide bonds. The van der Waals surface area contributed by atoms with E-state index in [9.17, 15) is 14.4 Å². The molecule has 31 heavy (non-hydrogen) atoms. The molecule has 0 aliphatic carbocycles. The van der Waals surface area contributed by atoms with Crippen LogP contribution in [0.25, 0.3) is 0 Å². The lowest BCUT2D eigenvalue weighted by Gasteiger charge is -2.39. The molecule has 1 unspecified atom stereocenters. The lowest BCUT2D eigenvalue weighted by atomic mass is 10.1. The third-order valence-corrected chi connectivity index (χ3v) is 10.5. The highest BCUT2D eigenvalue weighted by atomic mass is 28.4. The smallest absolute Gasteiger partial charge is 0.425 e. The van der Waals surface area contributed by atoms with Gasteiger partial charge in [-0.3, -0.25) is 9.36 Å². The number of hydrogen-bond donors (Lipinski definition) is 0. The van der Waals surface area contributed by atoms with Gasteiger partial charge in [0.2, 0.25) is 0 Å². The summed E-state index contributed by atoms with van der Waals surface area (Å²) in [7, 11) is -2.04. The zero-order chi connectivity index (χ0) is 23.9. The van der Waals surface area contributed by atoms with E-state index in [1.807, 2.05) is 6.92 Å². The number of aromatic nitrogens is 2. The van der Waals surface area contributed by atoms with Crippen molar-refractivity contribution in [2.45, 2.75) is 110 Å². The maximum absolute atomic E-state index is 13.1. The molecule has 1 fully saturated rings. The second-order valence-electron chi connectivity index (χ2n) is 10.8. The van der Waals surface area contributed by atoms with Gasteiger partial charge in [0, 0.05) is 18.2 Å². The first-order chi connectivity index (χ1) is 14.0. The van der Waals surface area contributed by atoms with Gasteiger partial charge < -0.3 is 13.9 Å². The van der Waals surface area contributed by atoms with Crippen LogP contribution in [0, 0.1) is 6.92 Å². The van der Waals surface area contributed by atoms with Crippen molar-refractivity contribution in [2.75, 3.05) is 0 Å². The van der Waals surface area contributed by atoms with Crippen molar-refractivity contribution in [2.24, 2.45) is 0 Å². The Balaban J connectivity index is 2.42. The molecule has 3 atom stereocenters. The minimum Gasteiger partial charge on any atom is -0.443 e. The molecule has 176 valence electrons. The molecular weight excluding hydrogens is 416 g/mol. The van der Waals surface area contributed by atoms with Gasteiger partial charge in [-0.2, -0.15) is 4.57 Å². The Bertz CT molecular complexity index is 935. The molecule has 1 saturated heterocycles. The SMILES string of the molecule is CC[C@H]1O[C@@H](n2cc(C)c(=O)n(C(=O)OC(C)(C)C)c2=O)CC1O[Si](C)(C)C(C)(C)C. The highest BCUT2D eigenvalue weighted by molar-refractivity contribution is 6.74. The Labute approximate surface area is 185 Å². The summed E-state index contributed by atoms with van der Waals surface area (Å²) in [5, 5.41) is 0.0424. The van der Waals surface area contributed by atoms with Gasteiger partial charge in [-0.05, 0) is 52.2 Å². The van der Waals surface area contributed by atoms with E-state index < -0.39 is 37.5 Å². The van der Waals surface area contributed by atoms with E-state index in [-0.39, 0.29) is 22.8 Å². The summed E-state index contributed by atoms with van der Waals surface area (Å²) in [4.78, 5) is 38.2. The van der Waals surface area contributed by atoms with Gasteiger partial charge in [0.05, 0.1) is 12.2 Å². The minimum absolute atomic E-state index is 0.0424. The number of ether oxygens (including phenoxy) is 2. The van der Waals surface area contributed by atoms with E-state index in [2.05, 4.69) is 33.9 Å². The highest BCUT2D eigenvalue weighted by Crippen LogP contribution is 2.41. The summed E-state index contributed by atoms with van der Waals surface area (Å²) in [6.45, 7) is 19.5. The standard InChI is InChI=1S/C22H38N2O6Si/c1-11-15-16(30-31(9,10)22(6,7)8)12-17(28-15)23-13-14(2)18(25)24(19(23)26)20(27)29-21(3,4)5/h13,15-17H,11-12H2,1-10H3/t15-,16?,17-/m1/s1. The lowest BCUT2D eigenvalue weighted by Crippen LogP contribution is -2.47. The van der Waals surface area contributed by atoms with E-state index in [1.165, 1.54) is 10.8 Å². The third-order valence-electron chi connectivity index (χ3n) is 6.01. The average molecular weight is 455 g/mol. The van der Waals surface area contributed by atoms with Crippen molar-refractivity contribution in [3.05, 3.63) is 32.6 Å². The summed E-state index contributed by atoms with van der Waals surface area (Å²) >= 11 is 0. The van der Waals surface area contributed by atoms with Crippen molar-refractivity contribution in [3.8, 4) is 0 Å². The second-order valence-corrected chi connectivity index (χ2v) is 15.6. The van der Waals surface area contributed by atoms with E-state index in [0.717, 1.165) is 6.42 Å². The lowest BCUT2D eigenvalue weighted by molar-refractivity contribution is -0.0206. The summed E-state index contributed by atoms with van der Waals surface area (Å²) in [6.07, 6.45) is 0.710. The largest absolute Gasteiger partial charge is 0.443 e. The zero-order valence-corrected chi connectivity index (χ0v) is 21.6. The molecule has 1 aromatic rings. The topological polar surface area (TPSA) is 88.8 Å². The molecule has 2 rings (SSSR count). The Morgan fingerprint density at radius 2 is 1.77 bits per heavy atom. The van der Waals surface area contributed by atoms with Gasteiger partial charge in [0.15, 0.2) is 8.32 Å². The third kappa shape index (κ3) is 5.56. The van der Waals surface area contributed by atoms with E-state index in [4.69, 9.17) is 13.9 Å². The zero-order valence-electron chi connectivity index (χ0n) is 20.6. The van der Waals surface area contributed by atoms with Crippen LogP contribution in [0.3, 0.4) is 0 Å². The predicted molar refractivity (Wildman–Crippen MR) is 122 cm³/mol. The molecule has 0 bridgehead atoms. The number of aryl methyl sites for hydroxylation is 1. The fraction of sp³-hybridized carbons (Fsp3) is 0.773. The van der Waals surface area contributed by atoms with E-state index in [0.29, 0.717) is 11.0 Å². The van der Waals surface area contributed by atoms with Crippen LogP contribution >= 0.6 is 0 Å². The van der Waals surface area contributed by atoms with Crippen LogP contribution < -0.4 is 11.2 Å². The number of rotatable bonds is 4. The molecule has 1 aliphatic heterocycles. The Hall–Kier alpha value is -1.71. The number of hydrogen-bond acceptors (Lipinski definition) is 6. The van der Waals surface area contributed by atoms with Crippen LogP contribution in [0.1, 0.15) is 73.1 Å². The normalized spacial score (nSPS) is 22.6. The molecule has 2 heterocycles. The van der Waals surface area contributed by atoms with Crippen molar-refractivity contribution < 1.29 is 18.7 Å². The number of carbonyl (C=O) groups is 1. The number of nitrogens with zero attached hydrogens (tertiary/aromatic N) is 2. The minimum atomic E-state index is -2.04. The molecular formula is C22H38N2O6Si. The Kier molecular flexibility index (Phi) is 7.15. The Morgan fingerprint density at radius 3 is 2.26 bits per heavy atom.